The Kier molecular flexibility index (Phi) is 12.0. The summed E-state index contributed by atoms with van der Waals surface area (Å²) in [6, 6.07) is 19.7. The zero-order valence-corrected chi connectivity index (χ0v) is 27.2. The number of rotatable bonds is 14. The molecule has 0 fully saturated rings. The zero-order chi connectivity index (χ0) is 30.9. The van der Waals surface area contributed by atoms with E-state index in [9.17, 15) is 18.0 Å². The van der Waals surface area contributed by atoms with Crippen LogP contribution in [0.25, 0.3) is 0 Å². The molecule has 226 valence electrons. The molecule has 0 unspecified atom stereocenters. The first kappa shape index (κ1) is 33.1. The molecule has 2 atom stereocenters. The lowest BCUT2D eigenvalue weighted by Crippen LogP contribution is -2.53. The fourth-order valence-electron chi connectivity index (χ4n) is 4.39. The second-order valence-electron chi connectivity index (χ2n) is 10.1. The molecule has 0 bridgehead atoms. The number of nitrogens with zero attached hydrogens (tertiary/aromatic N) is 2. The molecule has 3 aromatic carbocycles. The summed E-state index contributed by atoms with van der Waals surface area (Å²) >= 11 is 3.35. The van der Waals surface area contributed by atoms with Crippen molar-refractivity contribution in [2.75, 3.05) is 17.5 Å². The van der Waals surface area contributed by atoms with Crippen LogP contribution in [0.4, 0.5) is 5.69 Å². The summed E-state index contributed by atoms with van der Waals surface area (Å²) in [5.74, 6) is -0.172. The van der Waals surface area contributed by atoms with Crippen molar-refractivity contribution in [2.24, 2.45) is 0 Å². The van der Waals surface area contributed by atoms with Gasteiger partial charge in [0.1, 0.15) is 18.3 Å². The van der Waals surface area contributed by atoms with E-state index < -0.39 is 28.5 Å². The summed E-state index contributed by atoms with van der Waals surface area (Å²) in [5.41, 5.74) is 2.22. The molecule has 0 heterocycles. The van der Waals surface area contributed by atoms with Gasteiger partial charge in [0.05, 0.1) is 17.2 Å². The topological polar surface area (TPSA) is 96.0 Å². The van der Waals surface area contributed by atoms with Crippen LogP contribution in [0.5, 0.6) is 5.75 Å². The summed E-state index contributed by atoms with van der Waals surface area (Å²) < 4.78 is 35.4. The molecule has 3 aromatic rings. The van der Waals surface area contributed by atoms with Gasteiger partial charge in [0.25, 0.3) is 10.0 Å². The minimum atomic E-state index is -4.16. The summed E-state index contributed by atoms with van der Waals surface area (Å²) in [7, 11) is -4.16. The lowest BCUT2D eigenvalue weighted by atomic mass is 10.1. The minimum Gasteiger partial charge on any atom is -0.494 e. The molecule has 0 spiro atoms. The number of amides is 2. The molecule has 0 saturated carbocycles. The van der Waals surface area contributed by atoms with Gasteiger partial charge in [-0.3, -0.25) is 13.9 Å². The van der Waals surface area contributed by atoms with E-state index >= 15 is 0 Å². The third kappa shape index (κ3) is 8.58. The number of sulfonamides is 1. The van der Waals surface area contributed by atoms with Crippen molar-refractivity contribution in [2.45, 2.75) is 71.0 Å². The van der Waals surface area contributed by atoms with Gasteiger partial charge >= 0.3 is 0 Å². The normalized spacial score (nSPS) is 12.7. The molecule has 8 nitrogen and oxygen atoms in total. The molecular formula is C32H40BrN3O5S. The predicted molar refractivity (Wildman–Crippen MR) is 170 cm³/mol. The number of nitrogens with one attached hydrogen (secondary N) is 1. The van der Waals surface area contributed by atoms with Crippen LogP contribution in [0.1, 0.15) is 51.7 Å². The Bertz CT molecular complexity index is 1430. The van der Waals surface area contributed by atoms with Crippen LogP contribution >= 0.6 is 15.9 Å². The van der Waals surface area contributed by atoms with Gasteiger partial charge < -0.3 is 15.0 Å². The average Bonchev–Trinajstić information content (AvgIpc) is 2.97. The van der Waals surface area contributed by atoms with Crippen molar-refractivity contribution < 1.29 is 22.7 Å². The first-order valence-electron chi connectivity index (χ1n) is 14.2. The first-order chi connectivity index (χ1) is 20.0. The number of carbonyl (C=O) groups excluding carboxylic acids is 2. The number of hydrogen-bond acceptors (Lipinski definition) is 5. The Morgan fingerprint density at radius 1 is 0.905 bits per heavy atom. The molecule has 0 aliphatic carbocycles. The predicted octanol–water partition coefficient (Wildman–Crippen LogP) is 6.07. The fourth-order valence-corrected chi connectivity index (χ4v) is 6.07. The standard InChI is InChI=1S/C32H40BrN3O5S/c1-6-24(5)34-32(38)30(7-2)35(21-25-11-9-23(4)10-12-25)31(37)22-36(27-15-17-28(18-16-27)41-8-3)42(39,40)29-19-13-26(33)14-20-29/h9-20,24,30H,6-8,21-22H2,1-5H3,(H,34,38)/t24-,30+/m1/s1. The van der Waals surface area contributed by atoms with Crippen LogP contribution in [-0.4, -0.2) is 50.4 Å². The van der Waals surface area contributed by atoms with E-state index in [4.69, 9.17) is 4.74 Å². The van der Waals surface area contributed by atoms with Crippen molar-refractivity contribution in [1.29, 1.82) is 0 Å². The number of benzene rings is 3. The van der Waals surface area contributed by atoms with Gasteiger partial charge in [0.15, 0.2) is 0 Å². The number of halogens is 1. The summed E-state index contributed by atoms with van der Waals surface area (Å²) in [6.07, 6.45) is 1.10. The lowest BCUT2D eigenvalue weighted by molar-refractivity contribution is -0.140. The maximum atomic E-state index is 14.2. The Labute approximate surface area is 258 Å². The maximum absolute atomic E-state index is 14.2. The Morgan fingerprint density at radius 2 is 1.52 bits per heavy atom. The largest absolute Gasteiger partial charge is 0.494 e. The molecule has 0 radical (unpaired) electrons. The number of hydrogen-bond donors (Lipinski definition) is 1. The smallest absolute Gasteiger partial charge is 0.264 e. The summed E-state index contributed by atoms with van der Waals surface area (Å²) in [6.45, 7) is 9.69. The van der Waals surface area contributed by atoms with Gasteiger partial charge in [-0.25, -0.2) is 8.42 Å². The number of aryl methyl sites for hydroxylation is 1. The van der Waals surface area contributed by atoms with Crippen LogP contribution in [0.2, 0.25) is 0 Å². The third-order valence-corrected chi connectivity index (χ3v) is 9.29. The van der Waals surface area contributed by atoms with Crippen molar-refractivity contribution in [3.63, 3.8) is 0 Å². The zero-order valence-electron chi connectivity index (χ0n) is 24.8. The quantitative estimate of drug-likeness (QED) is 0.227. The molecular weight excluding hydrogens is 618 g/mol. The molecule has 10 heteroatoms. The van der Waals surface area contributed by atoms with E-state index in [1.54, 1.807) is 36.4 Å². The van der Waals surface area contributed by atoms with Gasteiger partial charge in [-0.05, 0) is 87.7 Å². The second kappa shape index (κ2) is 15.2. The van der Waals surface area contributed by atoms with E-state index in [0.717, 1.165) is 26.3 Å². The van der Waals surface area contributed by atoms with Crippen LogP contribution < -0.4 is 14.4 Å². The molecule has 3 rings (SSSR count). The highest BCUT2D eigenvalue weighted by Gasteiger charge is 2.34. The first-order valence-corrected chi connectivity index (χ1v) is 16.4. The van der Waals surface area contributed by atoms with Gasteiger partial charge in [0.2, 0.25) is 11.8 Å². The number of carbonyl (C=O) groups is 2. The van der Waals surface area contributed by atoms with Crippen LogP contribution in [0.15, 0.2) is 82.2 Å². The van der Waals surface area contributed by atoms with Crippen molar-refractivity contribution in [1.82, 2.24) is 10.2 Å². The van der Waals surface area contributed by atoms with Crippen LogP contribution in [0.3, 0.4) is 0 Å². The minimum absolute atomic E-state index is 0.0408. The highest BCUT2D eigenvalue weighted by Crippen LogP contribution is 2.27. The monoisotopic (exact) mass is 657 g/mol. The second-order valence-corrected chi connectivity index (χ2v) is 12.9. The van der Waals surface area contributed by atoms with Crippen LogP contribution in [0, 0.1) is 6.92 Å². The molecule has 0 aromatic heterocycles. The summed E-state index contributed by atoms with van der Waals surface area (Å²) in [4.78, 5) is 29.1. The van der Waals surface area contributed by atoms with Gasteiger partial charge in [-0.15, -0.1) is 0 Å². The summed E-state index contributed by atoms with van der Waals surface area (Å²) in [5, 5.41) is 2.99. The SMILES string of the molecule is CCOc1ccc(N(CC(=O)N(Cc2ccc(C)cc2)[C@@H](CC)C(=O)N[C@H](C)CC)S(=O)(=O)c2ccc(Br)cc2)cc1. The molecule has 2 amide bonds. The van der Waals surface area contributed by atoms with E-state index in [2.05, 4.69) is 21.2 Å². The van der Waals surface area contributed by atoms with Crippen molar-refractivity contribution in [3.05, 3.63) is 88.4 Å². The van der Waals surface area contributed by atoms with E-state index in [1.165, 1.54) is 17.0 Å². The molecule has 0 aliphatic rings. The maximum Gasteiger partial charge on any atom is 0.264 e. The Morgan fingerprint density at radius 3 is 2.07 bits per heavy atom. The molecule has 42 heavy (non-hydrogen) atoms. The van der Waals surface area contributed by atoms with E-state index in [1.807, 2.05) is 58.9 Å². The van der Waals surface area contributed by atoms with Gasteiger partial charge in [0, 0.05) is 17.1 Å². The molecule has 0 aliphatic heterocycles. The average molecular weight is 659 g/mol. The Balaban J connectivity index is 2.05. The number of ether oxygens (including phenoxy) is 1. The van der Waals surface area contributed by atoms with Crippen LogP contribution in [-0.2, 0) is 26.2 Å². The number of anilines is 1. The van der Waals surface area contributed by atoms with Gasteiger partial charge in [-0.2, -0.15) is 0 Å². The lowest BCUT2D eigenvalue weighted by Gasteiger charge is -2.33. The van der Waals surface area contributed by atoms with Crippen molar-refractivity contribution in [3.8, 4) is 5.75 Å². The van der Waals surface area contributed by atoms with Crippen molar-refractivity contribution >= 4 is 43.5 Å². The van der Waals surface area contributed by atoms with E-state index in [-0.39, 0.29) is 23.4 Å². The van der Waals surface area contributed by atoms with E-state index in [0.29, 0.717) is 24.5 Å². The van der Waals surface area contributed by atoms with Gasteiger partial charge in [-0.1, -0.05) is 59.6 Å². The Hall–Kier alpha value is -3.37. The highest BCUT2D eigenvalue weighted by molar-refractivity contribution is 9.10. The third-order valence-electron chi connectivity index (χ3n) is 6.98. The fraction of sp³-hybridized carbons (Fsp3) is 0.375. The highest BCUT2D eigenvalue weighted by atomic mass is 79.9. The molecule has 1 N–H and O–H groups in total. The molecule has 0 saturated heterocycles.